The van der Waals surface area contributed by atoms with E-state index in [-0.39, 0.29) is 44.7 Å². The monoisotopic (exact) mass is 1170 g/mol. The van der Waals surface area contributed by atoms with Crippen LogP contribution in [0.15, 0.2) is 164 Å². The number of fused-ring (bicyclic) bond motifs is 15. The minimum absolute atomic E-state index is 0.00148. The first-order chi connectivity index (χ1) is 41.7. The van der Waals surface area contributed by atoms with Gasteiger partial charge in [0, 0.05) is 60.5 Å². The molecule has 0 radical (unpaired) electrons. The van der Waals surface area contributed by atoms with Crippen molar-refractivity contribution in [2.45, 2.75) is 187 Å². The van der Waals surface area contributed by atoms with E-state index in [0.29, 0.717) is 0 Å². The van der Waals surface area contributed by atoms with Crippen LogP contribution in [0.4, 0.5) is 45.5 Å². The van der Waals surface area contributed by atoms with E-state index in [0.717, 1.165) is 32.1 Å². The number of thiophene rings is 1. The molecule has 2 atom stereocenters. The second-order valence-corrected chi connectivity index (χ2v) is 33.3. The van der Waals surface area contributed by atoms with Gasteiger partial charge in [0.25, 0.3) is 6.71 Å². The van der Waals surface area contributed by atoms with Gasteiger partial charge in [-0.1, -0.05) is 219 Å². The summed E-state index contributed by atoms with van der Waals surface area (Å²) in [7, 11) is 0. The van der Waals surface area contributed by atoms with Crippen molar-refractivity contribution in [3.05, 3.63) is 208 Å². The fraction of sp³-hybridized carbons (Fsp3) is 0.349. The highest BCUT2D eigenvalue weighted by Crippen LogP contribution is 2.63. The Bertz CT molecular complexity index is 4610. The highest BCUT2D eigenvalue weighted by molar-refractivity contribution is 7.26. The third-order valence-corrected chi connectivity index (χ3v) is 24.1. The van der Waals surface area contributed by atoms with Crippen LogP contribution in [0.3, 0.4) is 0 Å². The smallest absolute Gasteiger partial charge is 0.252 e. The predicted molar refractivity (Wildman–Crippen MR) is 381 cm³/mol. The van der Waals surface area contributed by atoms with Crippen LogP contribution in [0.5, 0.6) is 0 Å². The van der Waals surface area contributed by atoms with Crippen LogP contribution in [0, 0.1) is 0 Å². The Hall–Kier alpha value is -7.34. The fourth-order valence-corrected chi connectivity index (χ4v) is 18.7. The number of hydrogen-bond donors (Lipinski definition) is 0. The highest BCUT2D eigenvalue weighted by atomic mass is 32.1. The maximum Gasteiger partial charge on any atom is 0.252 e. The summed E-state index contributed by atoms with van der Waals surface area (Å²) in [6, 6.07) is 66.2. The number of rotatable bonds is 4. The van der Waals surface area contributed by atoms with E-state index >= 15 is 0 Å². The third-order valence-electron chi connectivity index (χ3n) is 22.9. The fourth-order valence-electron chi connectivity index (χ4n) is 17.5. The molecule has 6 aliphatic rings. The summed E-state index contributed by atoms with van der Waals surface area (Å²) < 4.78 is 2.69. The largest absolute Gasteiger partial charge is 0.334 e. The lowest BCUT2D eigenvalue weighted by molar-refractivity contribution is 0.195. The summed E-state index contributed by atoms with van der Waals surface area (Å²) in [4.78, 5) is 8.51. The zero-order valence-corrected chi connectivity index (χ0v) is 55.7. The van der Waals surface area contributed by atoms with Crippen LogP contribution in [0.1, 0.15) is 187 Å². The molecule has 0 N–H and O–H groups in total. The van der Waals surface area contributed by atoms with E-state index in [1.165, 1.54) is 162 Å². The van der Waals surface area contributed by atoms with Gasteiger partial charge in [-0.3, -0.25) is 0 Å². The van der Waals surface area contributed by atoms with Crippen molar-refractivity contribution in [1.82, 2.24) is 0 Å². The van der Waals surface area contributed by atoms with Crippen molar-refractivity contribution in [3.8, 4) is 22.3 Å². The van der Waals surface area contributed by atoms with Gasteiger partial charge in [-0.15, -0.1) is 11.3 Å². The van der Waals surface area contributed by atoms with Crippen LogP contribution in [0.25, 0.3) is 42.4 Å². The molecule has 0 spiro atoms. The Kier molecular flexibility index (Phi) is 11.8. The van der Waals surface area contributed by atoms with Gasteiger partial charge < -0.3 is 14.7 Å². The summed E-state index contributed by atoms with van der Waals surface area (Å²) in [6.07, 6.45) is 7.94. The number of nitrogens with zero attached hydrogens (tertiary/aromatic N) is 3. The van der Waals surface area contributed by atoms with Crippen LogP contribution >= 0.6 is 11.3 Å². The van der Waals surface area contributed by atoms with Crippen LogP contribution in [-0.2, 0) is 38.9 Å². The number of hydrogen-bond acceptors (Lipinski definition) is 4. The minimum atomic E-state index is -0.200. The first-order valence-electron chi connectivity index (χ1n) is 33.1. The normalized spacial score (nSPS) is 20.3. The van der Waals surface area contributed by atoms with Crippen LogP contribution in [0.2, 0.25) is 0 Å². The maximum atomic E-state index is 2.89. The molecule has 0 bridgehead atoms. The van der Waals surface area contributed by atoms with Crippen molar-refractivity contribution in [3.63, 3.8) is 0 Å². The lowest BCUT2D eigenvalue weighted by atomic mass is 9.33. The molecule has 3 aliphatic carbocycles. The molecule has 3 aliphatic heterocycles. The van der Waals surface area contributed by atoms with Gasteiger partial charge in [0.15, 0.2) is 0 Å². The summed E-state index contributed by atoms with van der Waals surface area (Å²) >= 11 is 2.00. The number of benzene rings is 9. The standard InChI is InChI=1S/C83H86BN3S/c1-77(2,3)53-30-35-66(59(43-53)50-24-17-16-18-25-50)86-71-47-56(87-67-36-31-55(79(7,8)9)45-63(67)82(14)38-21-22-39-83(82,87)15)46-70-74(71)84(64-34-33-58-60-44-54(78(4,5)6)32-37-72(60)88-76(58)75(64)86)65-48-61-62(81(12,13)41-40-80(61,10)11)49-69(65)85(70)68-29-23-27-52-42-51-26-19-20-28-57(51)73(52)68/h16-20,23-37,43-49H,21-22,38-42H2,1-15H3. The van der Waals surface area contributed by atoms with E-state index < -0.39 is 0 Å². The predicted octanol–water partition coefficient (Wildman–Crippen LogP) is 21.4. The zero-order valence-electron chi connectivity index (χ0n) is 54.9. The van der Waals surface area contributed by atoms with E-state index in [1.54, 1.807) is 0 Å². The van der Waals surface area contributed by atoms with Crippen molar-refractivity contribution >= 4 is 100 Å². The molecule has 88 heavy (non-hydrogen) atoms. The second kappa shape index (κ2) is 18.6. The molecule has 5 heteroatoms. The van der Waals surface area contributed by atoms with Crippen molar-refractivity contribution in [2.75, 3.05) is 14.7 Å². The molecule has 1 aromatic heterocycles. The van der Waals surface area contributed by atoms with E-state index in [2.05, 4.69) is 282 Å². The minimum Gasteiger partial charge on any atom is -0.334 e. The average molecular weight is 1170 g/mol. The molecular formula is C83H86BN3S. The molecule has 442 valence electrons. The third kappa shape index (κ3) is 7.93. The molecular weight excluding hydrogens is 1080 g/mol. The summed E-state index contributed by atoms with van der Waals surface area (Å²) in [5.74, 6) is 0. The maximum absolute atomic E-state index is 2.89. The van der Waals surface area contributed by atoms with Gasteiger partial charge >= 0.3 is 0 Å². The molecule has 10 aromatic rings. The highest BCUT2D eigenvalue weighted by Gasteiger charge is 2.59. The van der Waals surface area contributed by atoms with Gasteiger partial charge in [-0.05, 0) is 193 Å². The van der Waals surface area contributed by atoms with Gasteiger partial charge in [0.1, 0.15) is 0 Å². The lowest BCUT2D eigenvalue weighted by Gasteiger charge is -2.51. The Morgan fingerprint density at radius 2 is 1.07 bits per heavy atom. The second-order valence-electron chi connectivity index (χ2n) is 32.3. The molecule has 9 aromatic carbocycles. The van der Waals surface area contributed by atoms with E-state index in [1.807, 2.05) is 11.3 Å². The molecule has 0 amide bonds. The molecule has 2 unspecified atom stereocenters. The van der Waals surface area contributed by atoms with Gasteiger partial charge in [0.05, 0.1) is 27.3 Å². The summed E-state index contributed by atoms with van der Waals surface area (Å²) in [5.41, 5.74) is 30.7. The molecule has 0 saturated heterocycles. The van der Waals surface area contributed by atoms with Crippen molar-refractivity contribution < 1.29 is 0 Å². The SMILES string of the molecule is CC(C)(C)c1ccc(N2c3cc(N4c5ccc(C(C)(C)C)cc5C5(C)CCCCC45C)cc4c3B(c3cc5c(cc3N4c3cccc4c3-c3ccccc3C4)C(C)(C)CCC5(C)C)c3ccc4c(sc5ccc(C(C)(C)C)cc54)c32)c(-c2ccccc2)c1. The van der Waals surface area contributed by atoms with Crippen LogP contribution < -0.4 is 31.1 Å². The Labute approximate surface area is 528 Å². The van der Waals surface area contributed by atoms with Crippen molar-refractivity contribution in [1.29, 1.82) is 0 Å². The van der Waals surface area contributed by atoms with Crippen LogP contribution in [-0.4, -0.2) is 12.3 Å². The van der Waals surface area contributed by atoms with Gasteiger partial charge in [-0.25, -0.2) is 0 Å². The number of anilines is 8. The summed E-state index contributed by atoms with van der Waals surface area (Å²) in [6.45, 7) is 36.6. The molecule has 1 fully saturated rings. The first kappa shape index (κ1) is 55.9. The van der Waals surface area contributed by atoms with Crippen molar-refractivity contribution in [2.24, 2.45) is 0 Å². The molecule has 1 saturated carbocycles. The van der Waals surface area contributed by atoms with E-state index in [9.17, 15) is 0 Å². The molecule has 3 nitrogen and oxygen atoms in total. The quantitative estimate of drug-likeness (QED) is 0.163. The molecule has 4 heterocycles. The zero-order chi connectivity index (χ0) is 61.1. The van der Waals surface area contributed by atoms with Gasteiger partial charge in [0.2, 0.25) is 0 Å². The Morgan fingerprint density at radius 1 is 0.443 bits per heavy atom. The lowest BCUT2D eigenvalue weighted by Crippen LogP contribution is -2.62. The average Bonchev–Trinajstić information content (AvgIpc) is 1.15. The summed E-state index contributed by atoms with van der Waals surface area (Å²) in [5, 5.41) is 2.68. The van der Waals surface area contributed by atoms with Gasteiger partial charge in [-0.2, -0.15) is 0 Å². The topological polar surface area (TPSA) is 9.72 Å². The molecule has 16 rings (SSSR count). The first-order valence-corrected chi connectivity index (χ1v) is 33.9. The Balaban J connectivity index is 1.10. The van der Waals surface area contributed by atoms with E-state index in [4.69, 9.17) is 0 Å². The Morgan fingerprint density at radius 3 is 1.80 bits per heavy atom.